The summed E-state index contributed by atoms with van der Waals surface area (Å²) in [6, 6.07) is 1.79. The third kappa shape index (κ3) is 4.09. The molecule has 0 radical (unpaired) electrons. The van der Waals surface area contributed by atoms with Crippen LogP contribution in [-0.4, -0.2) is 46.1 Å². The van der Waals surface area contributed by atoms with Crippen molar-refractivity contribution in [3.05, 3.63) is 41.6 Å². The van der Waals surface area contributed by atoms with Crippen molar-refractivity contribution in [3.8, 4) is 0 Å². The summed E-state index contributed by atoms with van der Waals surface area (Å²) in [5, 5.41) is 6.42. The standard InChI is InChI=1S/C22H29N5O3/c1-16(25-19-5-10-23-14-24-19)13-18(17-6-11-30-12-7-17)20-21(29)26-22(27(20)15-28)8-3-2-4-9-22/h5,10,13-15,17H,2-4,6-9,11-12H2,1H3,(H,26,29)(H,23,24,25)/b16-13+,20-18+. The predicted molar refractivity (Wildman–Crippen MR) is 112 cm³/mol. The summed E-state index contributed by atoms with van der Waals surface area (Å²) < 4.78 is 5.54. The van der Waals surface area contributed by atoms with Crippen LogP contribution in [0.1, 0.15) is 51.9 Å². The maximum Gasteiger partial charge on any atom is 0.270 e. The highest BCUT2D eigenvalue weighted by Crippen LogP contribution is 2.40. The second-order valence-corrected chi connectivity index (χ2v) is 8.26. The summed E-state index contributed by atoms with van der Waals surface area (Å²) in [4.78, 5) is 35.2. The van der Waals surface area contributed by atoms with Crippen LogP contribution in [0.3, 0.4) is 0 Å². The maximum atomic E-state index is 13.2. The zero-order chi connectivity index (χ0) is 21.0. The monoisotopic (exact) mass is 411 g/mol. The molecule has 4 rings (SSSR count). The van der Waals surface area contributed by atoms with Crippen molar-refractivity contribution in [2.45, 2.75) is 57.5 Å². The molecule has 1 spiro atoms. The Morgan fingerprint density at radius 3 is 2.73 bits per heavy atom. The molecule has 3 fully saturated rings. The molecule has 2 amide bonds. The summed E-state index contributed by atoms with van der Waals surface area (Å²) in [5.74, 6) is 0.682. The molecule has 3 aliphatic rings. The number of nitrogens with one attached hydrogen (secondary N) is 2. The first-order valence-corrected chi connectivity index (χ1v) is 10.7. The van der Waals surface area contributed by atoms with Crippen LogP contribution in [0.15, 0.2) is 41.6 Å². The summed E-state index contributed by atoms with van der Waals surface area (Å²) in [7, 11) is 0. The van der Waals surface area contributed by atoms with Crippen molar-refractivity contribution in [1.82, 2.24) is 20.2 Å². The summed E-state index contributed by atoms with van der Waals surface area (Å²) >= 11 is 0. The van der Waals surface area contributed by atoms with Gasteiger partial charge in [-0.25, -0.2) is 9.97 Å². The molecule has 160 valence electrons. The normalized spacial score (nSPS) is 24.0. The lowest BCUT2D eigenvalue weighted by molar-refractivity contribution is -0.121. The average Bonchev–Trinajstić information content (AvgIpc) is 3.04. The van der Waals surface area contributed by atoms with Crippen molar-refractivity contribution in [2.75, 3.05) is 18.5 Å². The fourth-order valence-corrected chi connectivity index (χ4v) is 4.80. The van der Waals surface area contributed by atoms with E-state index in [4.69, 9.17) is 4.74 Å². The summed E-state index contributed by atoms with van der Waals surface area (Å²) in [6.07, 6.45) is 12.4. The first-order chi connectivity index (χ1) is 14.6. The lowest BCUT2D eigenvalue weighted by atomic mass is 9.87. The van der Waals surface area contributed by atoms with E-state index in [-0.39, 0.29) is 11.8 Å². The molecule has 2 saturated heterocycles. The van der Waals surface area contributed by atoms with Gasteiger partial charge in [-0.05, 0) is 69.1 Å². The van der Waals surface area contributed by atoms with Gasteiger partial charge in [-0.2, -0.15) is 0 Å². The lowest BCUT2D eigenvalue weighted by Crippen LogP contribution is -2.52. The fraction of sp³-hybridized carbons (Fsp3) is 0.545. The Kier molecular flexibility index (Phi) is 6.13. The molecule has 0 atom stereocenters. The molecular weight excluding hydrogens is 382 g/mol. The number of hydrogen-bond donors (Lipinski definition) is 2. The molecule has 0 aromatic carbocycles. The summed E-state index contributed by atoms with van der Waals surface area (Å²) in [5.41, 5.74) is 1.66. The number of hydrogen-bond acceptors (Lipinski definition) is 6. The molecule has 2 aliphatic heterocycles. The zero-order valence-electron chi connectivity index (χ0n) is 17.4. The van der Waals surface area contributed by atoms with Crippen LogP contribution in [0.25, 0.3) is 0 Å². The van der Waals surface area contributed by atoms with Gasteiger partial charge in [0.1, 0.15) is 23.5 Å². The number of ether oxygens (including phenoxy) is 1. The van der Waals surface area contributed by atoms with E-state index >= 15 is 0 Å². The molecule has 0 bridgehead atoms. The minimum Gasteiger partial charge on any atom is -0.381 e. The second-order valence-electron chi connectivity index (χ2n) is 8.26. The third-order valence-corrected chi connectivity index (χ3v) is 6.26. The van der Waals surface area contributed by atoms with Gasteiger partial charge in [0.15, 0.2) is 0 Å². The Labute approximate surface area is 176 Å². The van der Waals surface area contributed by atoms with Gasteiger partial charge in [0.25, 0.3) is 5.91 Å². The van der Waals surface area contributed by atoms with E-state index in [1.54, 1.807) is 17.2 Å². The average molecular weight is 412 g/mol. The molecule has 30 heavy (non-hydrogen) atoms. The first kappa shape index (κ1) is 20.5. The van der Waals surface area contributed by atoms with Crippen LogP contribution in [0.2, 0.25) is 0 Å². The van der Waals surface area contributed by atoms with E-state index in [1.807, 2.05) is 13.0 Å². The van der Waals surface area contributed by atoms with Crippen LogP contribution in [-0.2, 0) is 14.3 Å². The lowest BCUT2D eigenvalue weighted by Gasteiger charge is -2.39. The fourth-order valence-electron chi connectivity index (χ4n) is 4.80. The molecule has 1 aromatic rings. The molecule has 1 aliphatic carbocycles. The Hall–Kier alpha value is -2.74. The SMILES string of the molecule is C/C(=C\C(=C1\C(=O)NC2(CCCCC2)N1C=O)C1CCOCC1)Nc1ccncn1. The van der Waals surface area contributed by atoms with Gasteiger partial charge < -0.3 is 15.4 Å². The number of aromatic nitrogens is 2. The van der Waals surface area contributed by atoms with E-state index in [9.17, 15) is 9.59 Å². The molecule has 1 saturated carbocycles. The number of carbonyl (C=O) groups is 2. The van der Waals surface area contributed by atoms with Gasteiger partial charge in [0.05, 0.1) is 0 Å². The van der Waals surface area contributed by atoms with Gasteiger partial charge in [-0.15, -0.1) is 0 Å². The van der Waals surface area contributed by atoms with Crippen LogP contribution < -0.4 is 10.6 Å². The summed E-state index contributed by atoms with van der Waals surface area (Å²) in [6.45, 7) is 3.25. The number of anilines is 1. The predicted octanol–water partition coefficient (Wildman–Crippen LogP) is 2.72. The Morgan fingerprint density at radius 1 is 1.30 bits per heavy atom. The molecule has 8 heteroatoms. The van der Waals surface area contributed by atoms with Crippen molar-refractivity contribution in [3.63, 3.8) is 0 Å². The molecular formula is C22H29N5O3. The molecule has 3 heterocycles. The van der Waals surface area contributed by atoms with Crippen molar-refractivity contribution in [1.29, 1.82) is 0 Å². The molecule has 8 nitrogen and oxygen atoms in total. The zero-order valence-corrected chi connectivity index (χ0v) is 17.4. The minimum atomic E-state index is -0.579. The Bertz CT molecular complexity index is 840. The second kappa shape index (κ2) is 8.95. The van der Waals surface area contributed by atoms with Crippen molar-refractivity contribution >= 4 is 18.1 Å². The number of carbonyl (C=O) groups excluding carboxylic acids is 2. The molecule has 1 aromatic heterocycles. The quantitative estimate of drug-likeness (QED) is 0.571. The van der Waals surface area contributed by atoms with Crippen molar-refractivity contribution < 1.29 is 14.3 Å². The van der Waals surface area contributed by atoms with Crippen LogP contribution in [0, 0.1) is 5.92 Å². The molecule has 0 unspecified atom stereocenters. The number of rotatable bonds is 5. The topological polar surface area (TPSA) is 96.5 Å². The highest BCUT2D eigenvalue weighted by Gasteiger charge is 2.49. The smallest absolute Gasteiger partial charge is 0.270 e. The van der Waals surface area contributed by atoms with Crippen LogP contribution in [0.4, 0.5) is 5.82 Å². The van der Waals surface area contributed by atoms with Gasteiger partial charge in [-0.1, -0.05) is 6.42 Å². The van der Waals surface area contributed by atoms with Gasteiger partial charge in [-0.3, -0.25) is 14.5 Å². The van der Waals surface area contributed by atoms with Gasteiger partial charge in [0, 0.05) is 25.1 Å². The van der Waals surface area contributed by atoms with E-state index in [2.05, 4.69) is 20.6 Å². The van der Waals surface area contributed by atoms with Crippen LogP contribution in [0.5, 0.6) is 0 Å². The van der Waals surface area contributed by atoms with E-state index in [0.717, 1.165) is 62.6 Å². The van der Waals surface area contributed by atoms with E-state index in [1.165, 1.54) is 6.33 Å². The van der Waals surface area contributed by atoms with E-state index in [0.29, 0.717) is 24.7 Å². The largest absolute Gasteiger partial charge is 0.381 e. The minimum absolute atomic E-state index is 0.155. The Morgan fingerprint density at radius 2 is 2.07 bits per heavy atom. The van der Waals surface area contributed by atoms with Gasteiger partial charge in [0.2, 0.25) is 6.41 Å². The Balaban J connectivity index is 1.74. The number of allylic oxidation sites excluding steroid dienone is 3. The van der Waals surface area contributed by atoms with Crippen molar-refractivity contribution in [2.24, 2.45) is 5.92 Å². The van der Waals surface area contributed by atoms with Gasteiger partial charge >= 0.3 is 0 Å². The number of amides is 2. The highest BCUT2D eigenvalue weighted by atomic mass is 16.5. The highest BCUT2D eigenvalue weighted by molar-refractivity contribution is 6.00. The third-order valence-electron chi connectivity index (χ3n) is 6.26. The first-order valence-electron chi connectivity index (χ1n) is 10.7. The van der Waals surface area contributed by atoms with Crippen LogP contribution >= 0.6 is 0 Å². The molecule has 2 N–H and O–H groups in total. The maximum absolute atomic E-state index is 13.2. The number of nitrogens with zero attached hydrogens (tertiary/aromatic N) is 3. The van der Waals surface area contributed by atoms with E-state index < -0.39 is 5.66 Å².